The predicted molar refractivity (Wildman–Crippen MR) is 53.7 cm³/mol. The molecule has 2 aliphatic rings. The lowest BCUT2D eigenvalue weighted by Gasteiger charge is -2.29. The van der Waals surface area contributed by atoms with Gasteiger partial charge in [0, 0.05) is 25.3 Å². The van der Waals surface area contributed by atoms with Crippen molar-refractivity contribution in [1.29, 1.82) is 0 Å². The van der Waals surface area contributed by atoms with Crippen LogP contribution in [0.1, 0.15) is 33.1 Å². The van der Waals surface area contributed by atoms with Crippen LogP contribution in [0.4, 0.5) is 0 Å². The summed E-state index contributed by atoms with van der Waals surface area (Å²) >= 11 is 0. The first-order chi connectivity index (χ1) is 6.27. The highest BCUT2D eigenvalue weighted by Crippen LogP contribution is 2.32. The molecule has 2 aliphatic heterocycles. The summed E-state index contributed by atoms with van der Waals surface area (Å²) in [5, 5.41) is 3.61. The third kappa shape index (κ3) is 2.05. The molecule has 0 aromatic rings. The van der Waals surface area contributed by atoms with Crippen LogP contribution in [0.3, 0.4) is 0 Å². The average Bonchev–Trinajstić information content (AvgIpc) is 2.47. The second-order valence-electron chi connectivity index (χ2n) is 4.73. The van der Waals surface area contributed by atoms with E-state index in [2.05, 4.69) is 19.2 Å². The van der Waals surface area contributed by atoms with E-state index in [1.165, 1.54) is 19.3 Å². The minimum absolute atomic E-state index is 0.696. The molecule has 4 unspecified atom stereocenters. The Bertz CT molecular complexity index is 165. The third-order valence-corrected chi connectivity index (χ3v) is 3.62. The molecule has 0 aliphatic carbocycles. The molecule has 0 radical (unpaired) electrons. The molecule has 13 heavy (non-hydrogen) atoms. The Morgan fingerprint density at radius 3 is 2.69 bits per heavy atom. The highest BCUT2D eigenvalue weighted by atomic mass is 16.5. The minimum Gasteiger partial charge on any atom is -0.381 e. The molecule has 0 bridgehead atoms. The summed E-state index contributed by atoms with van der Waals surface area (Å²) in [6.07, 6.45) is 3.99. The quantitative estimate of drug-likeness (QED) is 0.669. The zero-order valence-corrected chi connectivity index (χ0v) is 8.75. The molecule has 0 aromatic heterocycles. The lowest BCUT2D eigenvalue weighted by Crippen LogP contribution is -2.33. The van der Waals surface area contributed by atoms with E-state index in [0.29, 0.717) is 12.1 Å². The van der Waals surface area contributed by atoms with E-state index in [1.807, 2.05) is 0 Å². The molecule has 0 spiro atoms. The molecule has 76 valence electrons. The van der Waals surface area contributed by atoms with Gasteiger partial charge in [0.25, 0.3) is 0 Å². The highest BCUT2D eigenvalue weighted by Gasteiger charge is 2.34. The van der Waals surface area contributed by atoms with Gasteiger partial charge < -0.3 is 10.1 Å². The van der Waals surface area contributed by atoms with Gasteiger partial charge in [-0.15, -0.1) is 0 Å². The smallest absolute Gasteiger partial charge is 0.0497 e. The maximum Gasteiger partial charge on any atom is 0.0497 e. The molecule has 0 aromatic carbocycles. The zero-order chi connectivity index (χ0) is 9.26. The van der Waals surface area contributed by atoms with Crippen molar-refractivity contribution >= 4 is 0 Å². The standard InChI is InChI=1S/C11H21NO/c1-8-6-11(9(2)12-8)10-4-3-5-13-7-10/h8-12H,3-7H2,1-2H3. The van der Waals surface area contributed by atoms with E-state index in [4.69, 9.17) is 4.74 Å². The number of hydrogen-bond acceptors (Lipinski definition) is 2. The Morgan fingerprint density at radius 2 is 2.15 bits per heavy atom. The van der Waals surface area contributed by atoms with Crippen molar-refractivity contribution in [3.05, 3.63) is 0 Å². The van der Waals surface area contributed by atoms with Gasteiger partial charge in [-0.2, -0.15) is 0 Å². The fourth-order valence-electron chi connectivity index (χ4n) is 2.96. The largest absolute Gasteiger partial charge is 0.381 e. The SMILES string of the molecule is CC1CC(C2CCCOC2)C(C)N1. The van der Waals surface area contributed by atoms with Crippen molar-refractivity contribution in [2.24, 2.45) is 11.8 Å². The fourth-order valence-corrected chi connectivity index (χ4v) is 2.96. The van der Waals surface area contributed by atoms with Gasteiger partial charge in [-0.25, -0.2) is 0 Å². The van der Waals surface area contributed by atoms with E-state index >= 15 is 0 Å². The van der Waals surface area contributed by atoms with Crippen molar-refractivity contribution in [3.63, 3.8) is 0 Å². The Labute approximate surface area is 81.0 Å². The van der Waals surface area contributed by atoms with Crippen molar-refractivity contribution in [3.8, 4) is 0 Å². The molecule has 4 atom stereocenters. The summed E-state index contributed by atoms with van der Waals surface area (Å²) in [4.78, 5) is 0. The van der Waals surface area contributed by atoms with Gasteiger partial charge in [0.1, 0.15) is 0 Å². The summed E-state index contributed by atoms with van der Waals surface area (Å²) in [6, 6.07) is 1.41. The third-order valence-electron chi connectivity index (χ3n) is 3.62. The van der Waals surface area contributed by atoms with E-state index in [1.54, 1.807) is 0 Å². The monoisotopic (exact) mass is 183 g/mol. The summed E-state index contributed by atoms with van der Waals surface area (Å²) in [6.45, 7) is 6.60. The molecule has 2 heterocycles. The molecule has 2 saturated heterocycles. The number of hydrogen-bond donors (Lipinski definition) is 1. The Hall–Kier alpha value is -0.0800. The number of rotatable bonds is 1. The molecular formula is C11H21NO. The van der Waals surface area contributed by atoms with E-state index in [-0.39, 0.29) is 0 Å². The topological polar surface area (TPSA) is 21.3 Å². The summed E-state index contributed by atoms with van der Waals surface area (Å²) in [7, 11) is 0. The van der Waals surface area contributed by atoms with Gasteiger partial charge in [0.05, 0.1) is 0 Å². The summed E-state index contributed by atoms with van der Waals surface area (Å²) in [5.41, 5.74) is 0. The van der Waals surface area contributed by atoms with Crippen molar-refractivity contribution in [2.45, 2.75) is 45.2 Å². The Kier molecular flexibility index (Phi) is 2.89. The molecule has 0 amide bonds. The first-order valence-corrected chi connectivity index (χ1v) is 5.61. The first-order valence-electron chi connectivity index (χ1n) is 5.61. The van der Waals surface area contributed by atoms with Gasteiger partial charge >= 0.3 is 0 Å². The predicted octanol–water partition coefficient (Wildman–Crippen LogP) is 1.80. The fraction of sp³-hybridized carbons (Fsp3) is 1.00. The molecular weight excluding hydrogens is 162 g/mol. The van der Waals surface area contributed by atoms with Crippen LogP contribution in [0, 0.1) is 11.8 Å². The first kappa shape index (κ1) is 9.47. The summed E-state index contributed by atoms with van der Waals surface area (Å²) < 4.78 is 5.55. The minimum atomic E-state index is 0.696. The van der Waals surface area contributed by atoms with Crippen LogP contribution in [0.2, 0.25) is 0 Å². The van der Waals surface area contributed by atoms with Crippen molar-refractivity contribution < 1.29 is 4.74 Å². The molecule has 0 saturated carbocycles. The summed E-state index contributed by atoms with van der Waals surface area (Å²) in [5.74, 6) is 1.68. The normalized spacial score (nSPS) is 46.6. The number of ether oxygens (including phenoxy) is 1. The van der Waals surface area contributed by atoms with Crippen LogP contribution < -0.4 is 5.32 Å². The van der Waals surface area contributed by atoms with E-state index in [0.717, 1.165) is 25.0 Å². The van der Waals surface area contributed by atoms with Crippen LogP contribution in [-0.2, 0) is 4.74 Å². The van der Waals surface area contributed by atoms with Gasteiger partial charge in [-0.05, 0) is 44.9 Å². The van der Waals surface area contributed by atoms with Gasteiger partial charge in [-0.3, -0.25) is 0 Å². The van der Waals surface area contributed by atoms with E-state index in [9.17, 15) is 0 Å². The molecule has 1 N–H and O–H groups in total. The Balaban J connectivity index is 1.91. The molecule has 2 rings (SSSR count). The van der Waals surface area contributed by atoms with Crippen LogP contribution in [0.5, 0.6) is 0 Å². The lowest BCUT2D eigenvalue weighted by atomic mass is 9.83. The highest BCUT2D eigenvalue weighted by molar-refractivity contribution is 4.90. The van der Waals surface area contributed by atoms with Gasteiger partial charge in [-0.1, -0.05) is 0 Å². The van der Waals surface area contributed by atoms with Gasteiger partial charge in [0.2, 0.25) is 0 Å². The van der Waals surface area contributed by atoms with Crippen LogP contribution in [0.15, 0.2) is 0 Å². The van der Waals surface area contributed by atoms with Crippen LogP contribution in [-0.4, -0.2) is 25.3 Å². The van der Waals surface area contributed by atoms with Crippen molar-refractivity contribution in [1.82, 2.24) is 5.32 Å². The van der Waals surface area contributed by atoms with Crippen LogP contribution in [0.25, 0.3) is 0 Å². The number of nitrogens with one attached hydrogen (secondary N) is 1. The Morgan fingerprint density at radius 1 is 1.31 bits per heavy atom. The van der Waals surface area contributed by atoms with Crippen molar-refractivity contribution in [2.75, 3.05) is 13.2 Å². The zero-order valence-electron chi connectivity index (χ0n) is 8.75. The molecule has 2 fully saturated rings. The average molecular weight is 183 g/mol. The van der Waals surface area contributed by atoms with Gasteiger partial charge in [0.15, 0.2) is 0 Å². The molecule has 2 heteroatoms. The lowest BCUT2D eigenvalue weighted by molar-refractivity contribution is 0.0287. The maximum absolute atomic E-state index is 5.55. The van der Waals surface area contributed by atoms with E-state index < -0.39 is 0 Å². The molecule has 2 nitrogen and oxygen atoms in total. The second kappa shape index (κ2) is 3.97. The van der Waals surface area contributed by atoms with Crippen LogP contribution >= 0.6 is 0 Å². The second-order valence-corrected chi connectivity index (χ2v) is 4.73. The maximum atomic E-state index is 5.55.